The summed E-state index contributed by atoms with van der Waals surface area (Å²) in [5, 5.41) is 8.57. The minimum Gasteiger partial charge on any atom is -0.339 e. The summed E-state index contributed by atoms with van der Waals surface area (Å²) in [6.07, 6.45) is 3.60. The summed E-state index contributed by atoms with van der Waals surface area (Å²) >= 11 is 0. The highest BCUT2D eigenvalue weighted by atomic mass is 16.2. The van der Waals surface area contributed by atoms with Crippen LogP contribution in [-0.4, -0.2) is 41.4 Å². The van der Waals surface area contributed by atoms with Crippen molar-refractivity contribution in [3.8, 4) is 0 Å². The molecule has 0 spiro atoms. The van der Waals surface area contributed by atoms with Crippen molar-refractivity contribution in [2.75, 3.05) is 23.4 Å². The van der Waals surface area contributed by atoms with Crippen LogP contribution in [0.25, 0.3) is 0 Å². The van der Waals surface area contributed by atoms with Gasteiger partial charge in [0.15, 0.2) is 0 Å². The number of nitrogens with zero attached hydrogens (tertiary/aromatic N) is 3. The van der Waals surface area contributed by atoms with E-state index >= 15 is 0 Å². The lowest BCUT2D eigenvalue weighted by Gasteiger charge is -2.27. The maximum atomic E-state index is 13.0. The number of carbonyl (C=O) groups is 3. The molecule has 0 atom stereocenters. The molecular weight excluding hydrogens is 404 g/mol. The SMILES string of the molecule is Cc1ccc(C)c(N2N=C(C(=O)Nc3ccccc3C(=O)N3CCCCC3)CCC2=O)c1. The van der Waals surface area contributed by atoms with E-state index in [4.69, 9.17) is 0 Å². The van der Waals surface area contributed by atoms with E-state index in [2.05, 4.69) is 10.4 Å². The van der Waals surface area contributed by atoms with Gasteiger partial charge in [0.25, 0.3) is 11.8 Å². The third-order valence-electron chi connectivity index (χ3n) is 5.94. The molecule has 1 N–H and O–H groups in total. The molecule has 0 unspecified atom stereocenters. The number of nitrogens with one attached hydrogen (secondary N) is 1. The van der Waals surface area contributed by atoms with E-state index < -0.39 is 5.91 Å². The Morgan fingerprint density at radius 1 is 0.969 bits per heavy atom. The molecule has 7 nitrogen and oxygen atoms in total. The van der Waals surface area contributed by atoms with E-state index in [9.17, 15) is 14.4 Å². The van der Waals surface area contributed by atoms with Gasteiger partial charge in [0.05, 0.1) is 16.9 Å². The minimum absolute atomic E-state index is 0.0710. The molecule has 7 heteroatoms. The van der Waals surface area contributed by atoms with Crippen molar-refractivity contribution < 1.29 is 14.4 Å². The van der Waals surface area contributed by atoms with Gasteiger partial charge in [-0.15, -0.1) is 0 Å². The predicted molar refractivity (Wildman–Crippen MR) is 125 cm³/mol. The second-order valence-corrected chi connectivity index (χ2v) is 8.39. The Bertz CT molecular complexity index is 1090. The highest BCUT2D eigenvalue weighted by Gasteiger charge is 2.28. The number of carbonyl (C=O) groups excluding carboxylic acids is 3. The fourth-order valence-corrected chi connectivity index (χ4v) is 4.09. The van der Waals surface area contributed by atoms with Crippen LogP contribution in [-0.2, 0) is 9.59 Å². The fraction of sp³-hybridized carbons (Fsp3) is 0.360. The summed E-state index contributed by atoms with van der Waals surface area (Å²) in [5.74, 6) is -0.610. The molecule has 0 radical (unpaired) electrons. The Kier molecular flexibility index (Phi) is 6.35. The van der Waals surface area contributed by atoms with Crippen LogP contribution in [0.5, 0.6) is 0 Å². The molecule has 2 heterocycles. The third-order valence-corrected chi connectivity index (χ3v) is 5.94. The number of hydrogen-bond donors (Lipinski definition) is 1. The zero-order valence-corrected chi connectivity index (χ0v) is 18.6. The predicted octanol–water partition coefficient (Wildman–Crippen LogP) is 4.05. The third kappa shape index (κ3) is 4.56. The molecule has 0 aliphatic carbocycles. The van der Waals surface area contributed by atoms with Gasteiger partial charge in [0, 0.05) is 25.9 Å². The number of rotatable bonds is 4. The molecule has 0 bridgehead atoms. The second-order valence-electron chi connectivity index (χ2n) is 8.39. The van der Waals surface area contributed by atoms with Crippen LogP contribution in [0.2, 0.25) is 0 Å². The minimum atomic E-state index is -0.397. The molecule has 32 heavy (non-hydrogen) atoms. The second kappa shape index (κ2) is 9.34. The maximum Gasteiger partial charge on any atom is 0.271 e. The van der Waals surface area contributed by atoms with Gasteiger partial charge < -0.3 is 10.2 Å². The molecule has 4 rings (SSSR count). The van der Waals surface area contributed by atoms with Gasteiger partial charge in [-0.2, -0.15) is 5.10 Å². The number of piperidine rings is 1. The summed E-state index contributed by atoms with van der Waals surface area (Å²) in [6.45, 7) is 5.33. The summed E-state index contributed by atoms with van der Waals surface area (Å²) in [5.41, 5.74) is 3.81. The molecular formula is C25H28N4O3. The number of hydrogen-bond acceptors (Lipinski definition) is 4. The van der Waals surface area contributed by atoms with Crippen LogP contribution in [0, 0.1) is 13.8 Å². The summed E-state index contributed by atoms with van der Waals surface area (Å²) in [6, 6.07) is 12.9. The van der Waals surface area contributed by atoms with Crippen molar-refractivity contribution >= 4 is 34.8 Å². The van der Waals surface area contributed by atoms with Crippen LogP contribution in [0.15, 0.2) is 47.6 Å². The van der Waals surface area contributed by atoms with Crippen molar-refractivity contribution in [3.05, 3.63) is 59.2 Å². The molecule has 1 fully saturated rings. The van der Waals surface area contributed by atoms with Crippen LogP contribution in [0.1, 0.15) is 53.6 Å². The van der Waals surface area contributed by atoms with Crippen molar-refractivity contribution in [1.29, 1.82) is 0 Å². The highest BCUT2D eigenvalue weighted by molar-refractivity contribution is 6.44. The first-order chi connectivity index (χ1) is 15.4. The topological polar surface area (TPSA) is 82.1 Å². The maximum absolute atomic E-state index is 13.0. The zero-order valence-electron chi connectivity index (χ0n) is 18.6. The van der Waals surface area contributed by atoms with Gasteiger partial charge in [-0.1, -0.05) is 24.3 Å². The Labute approximate surface area is 188 Å². The van der Waals surface area contributed by atoms with Crippen molar-refractivity contribution in [1.82, 2.24) is 4.90 Å². The summed E-state index contributed by atoms with van der Waals surface area (Å²) in [4.78, 5) is 40.4. The molecule has 2 aromatic rings. The van der Waals surface area contributed by atoms with Crippen LogP contribution >= 0.6 is 0 Å². The number of para-hydroxylation sites is 1. The lowest BCUT2D eigenvalue weighted by molar-refractivity contribution is -0.118. The normalized spacial score (nSPS) is 16.6. The summed E-state index contributed by atoms with van der Waals surface area (Å²) < 4.78 is 0. The van der Waals surface area contributed by atoms with Crippen molar-refractivity contribution in [2.24, 2.45) is 5.10 Å². The highest BCUT2D eigenvalue weighted by Crippen LogP contribution is 2.26. The first-order valence-corrected chi connectivity index (χ1v) is 11.1. The Morgan fingerprint density at radius 2 is 1.72 bits per heavy atom. The average molecular weight is 433 g/mol. The Morgan fingerprint density at radius 3 is 2.50 bits per heavy atom. The molecule has 2 aromatic carbocycles. The Balaban J connectivity index is 1.57. The molecule has 166 valence electrons. The molecule has 2 aliphatic rings. The van der Waals surface area contributed by atoms with Gasteiger partial charge in [-0.25, -0.2) is 5.01 Å². The summed E-state index contributed by atoms with van der Waals surface area (Å²) in [7, 11) is 0. The van der Waals surface area contributed by atoms with Gasteiger partial charge in [0.1, 0.15) is 5.71 Å². The van der Waals surface area contributed by atoms with Crippen molar-refractivity contribution in [2.45, 2.75) is 46.0 Å². The van der Waals surface area contributed by atoms with Crippen LogP contribution in [0.3, 0.4) is 0 Å². The van der Waals surface area contributed by atoms with E-state index in [0.29, 0.717) is 16.9 Å². The van der Waals surface area contributed by atoms with E-state index in [0.717, 1.165) is 43.5 Å². The molecule has 2 aliphatic heterocycles. The van der Waals surface area contributed by atoms with Crippen LogP contribution < -0.4 is 10.3 Å². The first kappa shape index (κ1) is 21.7. The molecule has 1 saturated heterocycles. The lowest BCUT2D eigenvalue weighted by atomic mass is 10.1. The van der Waals surface area contributed by atoms with E-state index in [-0.39, 0.29) is 30.4 Å². The van der Waals surface area contributed by atoms with E-state index in [1.165, 1.54) is 5.01 Å². The smallest absolute Gasteiger partial charge is 0.271 e. The quantitative estimate of drug-likeness (QED) is 0.791. The number of hydrazone groups is 1. The van der Waals surface area contributed by atoms with Crippen molar-refractivity contribution in [3.63, 3.8) is 0 Å². The number of anilines is 2. The number of amides is 3. The molecule has 0 saturated carbocycles. The number of aryl methyl sites for hydroxylation is 2. The lowest BCUT2D eigenvalue weighted by Crippen LogP contribution is -2.38. The van der Waals surface area contributed by atoms with E-state index in [1.807, 2.05) is 36.9 Å². The first-order valence-electron chi connectivity index (χ1n) is 11.1. The number of likely N-dealkylation sites (tertiary alicyclic amines) is 1. The zero-order chi connectivity index (χ0) is 22.7. The largest absolute Gasteiger partial charge is 0.339 e. The number of benzene rings is 2. The molecule has 3 amide bonds. The van der Waals surface area contributed by atoms with Gasteiger partial charge >= 0.3 is 0 Å². The standard InChI is InChI=1S/C25H28N4O3/c1-17-10-11-18(2)22(16-17)29-23(30)13-12-21(27-29)24(31)26-20-9-5-4-8-19(20)25(32)28-14-6-3-7-15-28/h4-5,8-11,16H,3,6-7,12-15H2,1-2H3,(H,26,31). The van der Waals surface area contributed by atoms with Gasteiger partial charge in [-0.05, 0) is 62.4 Å². The Hall–Kier alpha value is -3.48. The fourth-order valence-electron chi connectivity index (χ4n) is 4.09. The van der Waals surface area contributed by atoms with E-state index in [1.54, 1.807) is 24.3 Å². The van der Waals surface area contributed by atoms with Gasteiger partial charge in [-0.3, -0.25) is 14.4 Å². The monoisotopic (exact) mass is 432 g/mol. The average Bonchev–Trinajstić information content (AvgIpc) is 2.81. The van der Waals surface area contributed by atoms with Crippen LogP contribution in [0.4, 0.5) is 11.4 Å². The molecule has 0 aromatic heterocycles. The van der Waals surface area contributed by atoms with Gasteiger partial charge in [0.2, 0.25) is 5.91 Å².